The number of aryl methyl sites for hydroxylation is 1. The Hall–Kier alpha value is -3.50. The first-order valence-corrected chi connectivity index (χ1v) is 11.8. The molecular weight excluding hydrogens is 436 g/mol. The highest BCUT2D eigenvalue weighted by Gasteiger charge is 2.22. The van der Waals surface area contributed by atoms with Crippen LogP contribution in [0.15, 0.2) is 47.4 Å². The van der Waals surface area contributed by atoms with Crippen LogP contribution in [0.1, 0.15) is 5.82 Å². The van der Waals surface area contributed by atoms with Crippen molar-refractivity contribution in [3.63, 3.8) is 0 Å². The van der Waals surface area contributed by atoms with E-state index in [4.69, 9.17) is 24.7 Å². The molecule has 168 valence electrons. The average Bonchev–Trinajstić information content (AvgIpc) is 3.59. The van der Waals surface area contributed by atoms with Crippen LogP contribution in [0.3, 0.4) is 0 Å². The zero-order valence-corrected chi connectivity index (χ0v) is 19.4. The molecular formula is C23H24N8OS. The number of imidazole rings is 2. The van der Waals surface area contributed by atoms with E-state index in [1.54, 1.807) is 11.3 Å². The molecule has 0 amide bonds. The van der Waals surface area contributed by atoms with Gasteiger partial charge in [0.05, 0.1) is 36.5 Å². The Morgan fingerprint density at radius 2 is 1.94 bits per heavy atom. The molecule has 1 aliphatic heterocycles. The second-order valence-corrected chi connectivity index (χ2v) is 8.93. The second kappa shape index (κ2) is 8.13. The number of nitrogens with zero attached hydrogens (tertiary/aromatic N) is 8. The van der Waals surface area contributed by atoms with Crippen molar-refractivity contribution < 1.29 is 4.74 Å². The van der Waals surface area contributed by atoms with Crippen LogP contribution >= 0.6 is 11.3 Å². The number of thiophene rings is 1. The number of aromatic nitrogens is 6. The molecule has 0 saturated carbocycles. The monoisotopic (exact) mass is 460 g/mol. The van der Waals surface area contributed by atoms with Crippen molar-refractivity contribution >= 4 is 45.3 Å². The maximum absolute atomic E-state index is 5.54. The number of rotatable bonds is 5. The summed E-state index contributed by atoms with van der Waals surface area (Å²) in [5, 5.41) is 4.16. The third-order valence-corrected chi connectivity index (χ3v) is 6.73. The number of ether oxygens (including phenoxy) is 1. The van der Waals surface area contributed by atoms with Crippen LogP contribution in [0.25, 0.3) is 27.9 Å². The minimum Gasteiger partial charge on any atom is -0.378 e. The van der Waals surface area contributed by atoms with E-state index in [1.165, 1.54) is 0 Å². The summed E-state index contributed by atoms with van der Waals surface area (Å²) >= 11 is 1.65. The fraction of sp³-hybridized carbons (Fsp3) is 0.304. The van der Waals surface area contributed by atoms with Crippen LogP contribution in [0, 0.1) is 0 Å². The molecule has 4 aromatic heterocycles. The van der Waals surface area contributed by atoms with Gasteiger partial charge < -0.3 is 19.1 Å². The number of morpholine rings is 1. The predicted molar refractivity (Wildman–Crippen MR) is 130 cm³/mol. The van der Waals surface area contributed by atoms with E-state index in [-0.39, 0.29) is 0 Å². The standard InChI is InChI=1S/C23H24N8OS/c1-28(13-19-25-17-5-3-4-6-18(17)29(19)2)21-20-22(31(15-24-20)16-7-12-33-14-16)27-23(26-21)30-8-10-32-11-9-30/h3-7,12,14-15H,8-11,13H2,1-2H3. The molecule has 0 atom stereocenters. The van der Waals surface area contributed by atoms with E-state index in [0.29, 0.717) is 25.7 Å². The van der Waals surface area contributed by atoms with Gasteiger partial charge in [0.15, 0.2) is 17.0 Å². The van der Waals surface area contributed by atoms with E-state index in [9.17, 15) is 0 Å². The Morgan fingerprint density at radius 3 is 2.73 bits per heavy atom. The SMILES string of the molecule is CN(Cc1nc2ccccc2n1C)c1nc(N2CCOCC2)nc2c1ncn2-c1ccsc1. The molecule has 10 heteroatoms. The summed E-state index contributed by atoms with van der Waals surface area (Å²) in [6.07, 6.45) is 1.83. The van der Waals surface area contributed by atoms with Gasteiger partial charge in [0.1, 0.15) is 12.2 Å². The summed E-state index contributed by atoms with van der Waals surface area (Å²) in [6.45, 7) is 3.50. The summed E-state index contributed by atoms with van der Waals surface area (Å²) < 4.78 is 9.71. The van der Waals surface area contributed by atoms with Gasteiger partial charge in [0.25, 0.3) is 0 Å². The molecule has 1 saturated heterocycles. The lowest BCUT2D eigenvalue weighted by molar-refractivity contribution is 0.122. The number of para-hydroxylation sites is 2. The third-order valence-electron chi connectivity index (χ3n) is 6.06. The molecule has 0 spiro atoms. The predicted octanol–water partition coefficient (Wildman–Crippen LogP) is 3.24. The van der Waals surface area contributed by atoms with Crippen LogP contribution in [0.4, 0.5) is 11.8 Å². The maximum atomic E-state index is 5.54. The van der Waals surface area contributed by atoms with Crippen LogP contribution < -0.4 is 9.80 Å². The van der Waals surface area contributed by atoms with Crippen LogP contribution in [-0.4, -0.2) is 62.4 Å². The first kappa shape index (κ1) is 20.1. The minimum absolute atomic E-state index is 0.602. The molecule has 9 nitrogen and oxygen atoms in total. The number of hydrogen-bond acceptors (Lipinski definition) is 8. The Morgan fingerprint density at radius 1 is 1.09 bits per heavy atom. The molecule has 1 aliphatic rings. The van der Waals surface area contributed by atoms with Crippen molar-refractivity contribution in [2.24, 2.45) is 7.05 Å². The molecule has 33 heavy (non-hydrogen) atoms. The van der Waals surface area contributed by atoms with Gasteiger partial charge in [-0.15, -0.1) is 0 Å². The van der Waals surface area contributed by atoms with Crippen molar-refractivity contribution in [1.82, 2.24) is 29.1 Å². The number of fused-ring (bicyclic) bond motifs is 2. The van der Waals surface area contributed by atoms with E-state index in [2.05, 4.69) is 44.3 Å². The highest BCUT2D eigenvalue weighted by Crippen LogP contribution is 2.29. The Balaban J connectivity index is 1.45. The fourth-order valence-electron chi connectivity index (χ4n) is 4.25. The van der Waals surface area contributed by atoms with Gasteiger partial charge in [-0.25, -0.2) is 9.97 Å². The number of benzene rings is 1. The molecule has 6 rings (SSSR count). The van der Waals surface area contributed by atoms with Gasteiger partial charge in [-0.3, -0.25) is 4.57 Å². The second-order valence-electron chi connectivity index (χ2n) is 8.15. The van der Waals surface area contributed by atoms with Crippen LogP contribution in [-0.2, 0) is 18.3 Å². The molecule has 5 heterocycles. The van der Waals surface area contributed by atoms with Crippen molar-refractivity contribution in [3.8, 4) is 5.69 Å². The Kier molecular flexibility index (Phi) is 4.96. The minimum atomic E-state index is 0.602. The Labute approximate surface area is 194 Å². The first-order valence-electron chi connectivity index (χ1n) is 10.9. The van der Waals surface area contributed by atoms with Crippen molar-refractivity contribution in [2.45, 2.75) is 6.54 Å². The van der Waals surface area contributed by atoms with E-state index in [0.717, 1.165) is 52.6 Å². The molecule has 0 N–H and O–H groups in total. The van der Waals surface area contributed by atoms with E-state index in [1.807, 2.05) is 36.1 Å². The van der Waals surface area contributed by atoms with Crippen molar-refractivity contribution in [2.75, 3.05) is 43.2 Å². The van der Waals surface area contributed by atoms with Gasteiger partial charge in [-0.2, -0.15) is 21.3 Å². The average molecular weight is 461 g/mol. The van der Waals surface area contributed by atoms with Crippen LogP contribution in [0.5, 0.6) is 0 Å². The lowest BCUT2D eigenvalue weighted by atomic mass is 10.3. The van der Waals surface area contributed by atoms with Gasteiger partial charge in [0.2, 0.25) is 5.95 Å². The molecule has 0 bridgehead atoms. The largest absolute Gasteiger partial charge is 0.378 e. The summed E-state index contributed by atoms with van der Waals surface area (Å²) in [5.41, 5.74) is 4.74. The summed E-state index contributed by atoms with van der Waals surface area (Å²) in [4.78, 5) is 23.8. The molecule has 1 fully saturated rings. The quantitative estimate of drug-likeness (QED) is 0.398. The molecule has 1 aromatic carbocycles. The van der Waals surface area contributed by atoms with Gasteiger partial charge >= 0.3 is 0 Å². The summed E-state index contributed by atoms with van der Waals surface area (Å²) in [5.74, 6) is 2.47. The molecule has 0 aliphatic carbocycles. The highest BCUT2D eigenvalue weighted by atomic mass is 32.1. The highest BCUT2D eigenvalue weighted by molar-refractivity contribution is 7.08. The molecule has 0 unspecified atom stereocenters. The van der Waals surface area contributed by atoms with Gasteiger partial charge in [-0.1, -0.05) is 12.1 Å². The normalized spacial score (nSPS) is 14.4. The Bertz CT molecular complexity index is 1420. The topological polar surface area (TPSA) is 77.1 Å². The smallest absolute Gasteiger partial charge is 0.229 e. The zero-order valence-electron chi connectivity index (χ0n) is 18.5. The van der Waals surface area contributed by atoms with E-state index < -0.39 is 0 Å². The fourth-order valence-corrected chi connectivity index (χ4v) is 4.88. The lowest BCUT2D eigenvalue weighted by Crippen LogP contribution is -2.37. The summed E-state index contributed by atoms with van der Waals surface area (Å²) in [6, 6.07) is 10.3. The molecule has 0 radical (unpaired) electrons. The van der Waals surface area contributed by atoms with Gasteiger partial charge in [0, 0.05) is 32.6 Å². The first-order chi connectivity index (χ1) is 16.2. The van der Waals surface area contributed by atoms with Gasteiger partial charge in [-0.05, 0) is 23.6 Å². The van der Waals surface area contributed by atoms with Crippen LogP contribution in [0.2, 0.25) is 0 Å². The third kappa shape index (κ3) is 3.51. The summed E-state index contributed by atoms with van der Waals surface area (Å²) in [7, 11) is 4.09. The lowest BCUT2D eigenvalue weighted by Gasteiger charge is -2.28. The van der Waals surface area contributed by atoms with E-state index >= 15 is 0 Å². The maximum Gasteiger partial charge on any atom is 0.229 e. The zero-order chi connectivity index (χ0) is 22.4. The number of hydrogen-bond donors (Lipinski definition) is 0. The molecule has 5 aromatic rings. The van der Waals surface area contributed by atoms with Crippen molar-refractivity contribution in [3.05, 3.63) is 53.2 Å². The van der Waals surface area contributed by atoms with Crippen molar-refractivity contribution in [1.29, 1.82) is 0 Å². The number of anilines is 2.